The third-order valence-electron chi connectivity index (χ3n) is 4.12. The average molecular weight is 379 g/mol. The third-order valence-corrected chi connectivity index (χ3v) is 4.12. The first-order chi connectivity index (χ1) is 12.8. The molecule has 0 unspecified atom stereocenters. The minimum atomic E-state index is 0.153. The van der Waals surface area contributed by atoms with Crippen LogP contribution < -0.4 is 15.4 Å². The van der Waals surface area contributed by atoms with Crippen molar-refractivity contribution in [3.05, 3.63) is 29.3 Å². The summed E-state index contributed by atoms with van der Waals surface area (Å²) in [6.45, 7) is 10.4. The van der Waals surface area contributed by atoms with E-state index >= 15 is 0 Å². The minimum Gasteiger partial charge on any atom is -0.493 e. The van der Waals surface area contributed by atoms with Gasteiger partial charge in [0.1, 0.15) is 5.75 Å². The number of nitrogens with zero attached hydrogens (tertiary/aromatic N) is 2. The quantitative estimate of drug-likeness (QED) is 0.352. The summed E-state index contributed by atoms with van der Waals surface area (Å²) in [6, 6.07) is 6.30. The number of nitrogens with one attached hydrogen (secondary N) is 2. The summed E-state index contributed by atoms with van der Waals surface area (Å²) in [5.41, 5.74) is 2.46. The molecule has 0 heterocycles. The molecule has 0 bridgehead atoms. The lowest BCUT2D eigenvalue weighted by Crippen LogP contribution is -2.44. The first-order valence-corrected chi connectivity index (χ1v) is 9.58. The van der Waals surface area contributed by atoms with Gasteiger partial charge in [-0.2, -0.15) is 0 Å². The Balaban J connectivity index is 2.61. The Morgan fingerprint density at radius 3 is 2.56 bits per heavy atom. The van der Waals surface area contributed by atoms with Gasteiger partial charge in [0.05, 0.1) is 6.61 Å². The van der Waals surface area contributed by atoms with Crippen molar-refractivity contribution in [1.82, 2.24) is 15.5 Å². The molecule has 6 heteroatoms. The second kappa shape index (κ2) is 11.8. The summed E-state index contributed by atoms with van der Waals surface area (Å²) in [6.07, 6.45) is 0.876. The number of hydrogen-bond acceptors (Lipinski definition) is 4. The number of aryl methyl sites for hydroxylation is 1. The van der Waals surface area contributed by atoms with Crippen LogP contribution >= 0.6 is 0 Å². The molecule has 0 saturated heterocycles. The molecule has 0 aliphatic rings. The van der Waals surface area contributed by atoms with Crippen molar-refractivity contribution in [2.24, 2.45) is 10.4 Å². The topological polar surface area (TPSA) is 58.1 Å². The molecule has 0 aliphatic heterocycles. The molecule has 0 amide bonds. The highest BCUT2D eigenvalue weighted by Crippen LogP contribution is 2.20. The van der Waals surface area contributed by atoms with Crippen molar-refractivity contribution in [2.75, 3.05) is 54.6 Å². The zero-order valence-electron chi connectivity index (χ0n) is 18.2. The number of rotatable bonds is 11. The van der Waals surface area contributed by atoms with Gasteiger partial charge in [0.25, 0.3) is 0 Å². The van der Waals surface area contributed by atoms with Crippen molar-refractivity contribution in [2.45, 2.75) is 33.7 Å². The van der Waals surface area contributed by atoms with Gasteiger partial charge in [0.2, 0.25) is 0 Å². The predicted octanol–water partition coefficient (Wildman–Crippen LogP) is 2.66. The van der Waals surface area contributed by atoms with E-state index in [-0.39, 0.29) is 5.41 Å². The zero-order chi connectivity index (χ0) is 20.3. The Kier molecular flexibility index (Phi) is 10.2. The lowest BCUT2D eigenvalue weighted by Gasteiger charge is -2.29. The monoisotopic (exact) mass is 378 g/mol. The van der Waals surface area contributed by atoms with Crippen LogP contribution in [0.25, 0.3) is 0 Å². The summed E-state index contributed by atoms with van der Waals surface area (Å²) >= 11 is 0. The van der Waals surface area contributed by atoms with Gasteiger partial charge in [-0.05, 0) is 38.1 Å². The Morgan fingerprint density at radius 1 is 1.19 bits per heavy atom. The van der Waals surface area contributed by atoms with Gasteiger partial charge in [-0.15, -0.1) is 0 Å². The molecular formula is C21H38N4O2. The fourth-order valence-electron chi connectivity index (χ4n) is 2.96. The molecular weight excluding hydrogens is 340 g/mol. The highest BCUT2D eigenvalue weighted by Gasteiger charge is 2.19. The van der Waals surface area contributed by atoms with Crippen LogP contribution in [0.1, 0.15) is 31.4 Å². The van der Waals surface area contributed by atoms with E-state index in [1.807, 2.05) is 0 Å². The zero-order valence-corrected chi connectivity index (χ0v) is 18.2. The maximum absolute atomic E-state index is 5.96. The van der Waals surface area contributed by atoms with Crippen LogP contribution in [0, 0.1) is 12.3 Å². The molecule has 0 fully saturated rings. The van der Waals surface area contributed by atoms with Crippen LogP contribution in [-0.2, 0) is 11.3 Å². The molecule has 0 radical (unpaired) electrons. The van der Waals surface area contributed by atoms with Crippen LogP contribution in [0.2, 0.25) is 0 Å². The Labute approximate surface area is 165 Å². The maximum atomic E-state index is 5.96. The van der Waals surface area contributed by atoms with Gasteiger partial charge in [0.15, 0.2) is 5.96 Å². The number of ether oxygens (including phenoxy) is 2. The highest BCUT2D eigenvalue weighted by atomic mass is 16.5. The van der Waals surface area contributed by atoms with E-state index < -0.39 is 0 Å². The fourth-order valence-corrected chi connectivity index (χ4v) is 2.96. The highest BCUT2D eigenvalue weighted by molar-refractivity contribution is 5.79. The first kappa shape index (κ1) is 23.2. The van der Waals surface area contributed by atoms with E-state index in [9.17, 15) is 0 Å². The first-order valence-electron chi connectivity index (χ1n) is 9.58. The van der Waals surface area contributed by atoms with Crippen molar-refractivity contribution in [1.29, 1.82) is 0 Å². The van der Waals surface area contributed by atoms with Gasteiger partial charge in [-0.3, -0.25) is 4.99 Å². The van der Waals surface area contributed by atoms with E-state index in [1.54, 1.807) is 14.2 Å². The molecule has 154 valence electrons. The number of benzene rings is 1. The van der Waals surface area contributed by atoms with Crippen LogP contribution in [0.3, 0.4) is 0 Å². The third kappa shape index (κ3) is 9.63. The lowest BCUT2D eigenvalue weighted by molar-refractivity contribution is 0.171. The SMILES string of the molecule is CN=C(NCc1ccc(C)cc1OCCCOC)NCC(C)(C)CN(C)C. The van der Waals surface area contributed by atoms with E-state index in [4.69, 9.17) is 9.47 Å². The molecule has 6 nitrogen and oxygen atoms in total. The molecule has 0 spiro atoms. The van der Waals surface area contributed by atoms with Crippen molar-refractivity contribution in [3.8, 4) is 5.75 Å². The summed E-state index contributed by atoms with van der Waals surface area (Å²) in [4.78, 5) is 6.55. The second-order valence-electron chi connectivity index (χ2n) is 7.99. The van der Waals surface area contributed by atoms with Crippen LogP contribution in [0.5, 0.6) is 5.75 Å². The molecule has 1 aromatic rings. The van der Waals surface area contributed by atoms with Crippen molar-refractivity contribution < 1.29 is 9.47 Å². The van der Waals surface area contributed by atoms with Gasteiger partial charge in [-0.1, -0.05) is 26.0 Å². The number of methoxy groups -OCH3 is 1. The summed E-state index contributed by atoms with van der Waals surface area (Å²) in [5, 5.41) is 6.82. The summed E-state index contributed by atoms with van der Waals surface area (Å²) in [5.74, 6) is 1.72. The second-order valence-corrected chi connectivity index (χ2v) is 7.99. The molecule has 2 N–H and O–H groups in total. The van der Waals surface area contributed by atoms with E-state index in [1.165, 1.54) is 5.56 Å². The van der Waals surface area contributed by atoms with Crippen molar-refractivity contribution >= 4 is 5.96 Å². The Morgan fingerprint density at radius 2 is 1.93 bits per heavy atom. The van der Waals surface area contributed by atoms with E-state index in [0.717, 1.165) is 36.8 Å². The number of guanidine groups is 1. The van der Waals surface area contributed by atoms with Gasteiger partial charge in [0, 0.05) is 52.4 Å². The molecule has 0 saturated carbocycles. The molecule has 0 atom stereocenters. The number of aliphatic imine (C=N–C) groups is 1. The smallest absolute Gasteiger partial charge is 0.191 e. The van der Waals surface area contributed by atoms with Crippen molar-refractivity contribution in [3.63, 3.8) is 0 Å². The summed E-state index contributed by atoms with van der Waals surface area (Å²) in [7, 11) is 7.70. The van der Waals surface area contributed by atoms with Gasteiger partial charge >= 0.3 is 0 Å². The standard InChI is InChI=1S/C21H38N4O2/c1-17-9-10-18(19(13-17)27-12-8-11-26-7)14-23-20(22-4)24-15-21(2,3)16-25(5)6/h9-10,13H,8,11-12,14-16H2,1-7H3,(H2,22,23,24). The average Bonchev–Trinajstić information content (AvgIpc) is 2.59. The van der Waals surface area contributed by atoms with E-state index in [0.29, 0.717) is 19.8 Å². The minimum absolute atomic E-state index is 0.153. The lowest BCUT2D eigenvalue weighted by atomic mass is 9.93. The van der Waals surface area contributed by atoms with Crippen LogP contribution in [-0.4, -0.2) is 65.4 Å². The summed E-state index contributed by atoms with van der Waals surface area (Å²) < 4.78 is 11.0. The molecule has 27 heavy (non-hydrogen) atoms. The number of hydrogen-bond donors (Lipinski definition) is 2. The van der Waals surface area contributed by atoms with Crippen LogP contribution in [0.15, 0.2) is 23.2 Å². The molecule has 1 rings (SSSR count). The predicted molar refractivity (Wildman–Crippen MR) is 114 cm³/mol. The normalized spacial score (nSPS) is 12.4. The molecule has 0 aliphatic carbocycles. The molecule has 0 aromatic heterocycles. The Bertz CT molecular complexity index is 586. The maximum Gasteiger partial charge on any atom is 0.191 e. The molecule has 1 aromatic carbocycles. The Hall–Kier alpha value is -1.79. The van der Waals surface area contributed by atoms with Crippen LogP contribution in [0.4, 0.5) is 0 Å². The van der Waals surface area contributed by atoms with Gasteiger partial charge in [-0.25, -0.2) is 0 Å². The fraction of sp³-hybridized carbons (Fsp3) is 0.667. The largest absolute Gasteiger partial charge is 0.493 e. The van der Waals surface area contributed by atoms with Gasteiger partial charge < -0.3 is 25.0 Å². The van der Waals surface area contributed by atoms with E-state index in [2.05, 4.69) is 73.6 Å².